The van der Waals surface area contributed by atoms with Crippen LogP contribution in [0.1, 0.15) is 46.5 Å². The summed E-state index contributed by atoms with van der Waals surface area (Å²) < 4.78 is 5.73. The number of ether oxygens (including phenoxy) is 1. The van der Waals surface area contributed by atoms with Crippen LogP contribution in [-0.2, 0) is 14.3 Å². The molecule has 3 aliphatic rings. The molecule has 2 heterocycles. The van der Waals surface area contributed by atoms with Gasteiger partial charge in [-0.3, -0.25) is 9.59 Å². The van der Waals surface area contributed by atoms with E-state index in [2.05, 4.69) is 26.1 Å². The fourth-order valence-corrected chi connectivity index (χ4v) is 4.48. The highest BCUT2D eigenvalue weighted by molar-refractivity contribution is 6.35. The van der Waals surface area contributed by atoms with Crippen molar-refractivity contribution in [3.8, 4) is 0 Å². The zero-order valence-electron chi connectivity index (χ0n) is 13.2. The van der Waals surface area contributed by atoms with Crippen molar-refractivity contribution in [3.05, 3.63) is 0 Å². The van der Waals surface area contributed by atoms with E-state index in [-0.39, 0.29) is 29.5 Å². The number of fused-ring (bicyclic) bond motifs is 1. The van der Waals surface area contributed by atoms with Crippen molar-refractivity contribution in [1.29, 1.82) is 0 Å². The van der Waals surface area contributed by atoms with Crippen molar-refractivity contribution >= 4 is 11.8 Å². The van der Waals surface area contributed by atoms with Gasteiger partial charge in [0.2, 0.25) is 0 Å². The van der Waals surface area contributed by atoms with Gasteiger partial charge in [-0.2, -0.15) is 0 Å². The predicted octanol–water partition coefficient (Wildman–Crippen LogP) is 1.32. The van der Waals surface area contributed by atoms with Crippen LogP contribution in [-0.4, -0.2) is 48.1 Å². The minimum Gasteiger partial charge on any atom is -0.377 e. The highest BCUT2D eigenvalue weighted by atomic mass is 16.5. The first-order valence-corrected chi connectivity index (χ1v) is 8.20. The lowest BCUT2D eigenvalue weighted by Gasteiger charge is -2.54. The summed E-state index contributed by atoms with van der Waals surface area (Å²) in [5, 5.41) is 2.99. The predicted molar refractivity (Wildman–Crippen MR) is 78.6 cm³/mol. The number of nitrogens with zero attached hydrogens (tertiary/aromatic N) is 1. The zero-order chi connectivity index (χ0) is 15.2. The van der Waals surface area contributed by atoms with Crippen molar-refractivity contribution in [1.82, 2.24) is 10.2 Å². The van der Waals surface area contributed by atoms with E-state index in [1.54, 1.807) is 4.90 Å². The normalized spacial score (nSPS) is 37.0. The Kier molecular flexibility index (Phi) is 3.72. The first-order chi connectivity index (χ1) is 9.96. The molecule has 1 N–H and O–H groups in total. The number of rotatable bonds is 2. The smallest absolute Gasteiger partial charge is 0.312 e. The average Bonchev–Trinajstić information content (AvgIpc) is 3.10. The molecule has 0 aromatic carbocycles. The van der Waals surface area contributed by atoms with E-state index in [4.69, 9.17) is 4.74 Å². The Morgan fingerprint density at radius 2 is 2.10 bits per heavy atom. The van der Waals surface area contributed by atoms with Gasteiger partial charge in [-0.1, -0.05) is 20.8 Å². The lowest BCUT2D eigenvalue weighted by molar-refractivity contribution is -0.153. The summed E-state index contributed by atoms with van der Waals surface area (Å²) in [6.45, 7) is 7.78. The molecular weight excluding hydrogens is 268 g/mol. The van der Waals surface area contributed by atoms with Crippen LogP contribution in [0.15, 0.2) is 0 Å². The number of carbonyl (C=O) groups excluding carboxylic acids is 2. The Morgan fingerprint density at radius 1 is 1.33 bits per heavy atom. The van der Waals surface area contributed by atoms with E-state index in [0.717, 1.165) is 32.3 Å². The summed E-state index contributed by atoms with van der Waals surface area (Å²) in [4.78, 5) is 26.5. The summed E-state index contributed by atoms with van der Waals surface area (Å²) in [7, 11) is 0. The number of hydrogen-bond acceptors (Lipinski definition) is 3. The number of nitrogens with one attached hydrogen (secondary N) is 1. The topological polar surface area (TPSA) is 58.6 Å². The van der Waals surface area contributed by atoms with Crippen molar-refractivity contribution in [2.45, 2.75) is 64.6 Å². The molecule has 1 aliphatic carbocycles. The maximum atomic E-state index is 12.4. The van der Waals surface area contributed by atoms with Gasteiger partial charge in [-0.05, 0) is 25.7 Å². The molecule has 4 atom stereocenters. The fraction of sp³-hybridized carbons (Fsp3) is 0.875. The molecule has 2 amide bonds. The monoisotopic (exact) mass is 294 g/mol. The number of amides is 2. The van der Waals surface area contributed by atoms with Gasteiger partial charge >= 0.3 is 11.8 Å². The number of hydrogen-bond donors (Lipinski definition) is 1. The Bertz CT molecular complexity index is 449. The zero-order valence-corrected chi connectivity index (χ0v) is 13.2. The maximum absolute atomic E-state index is 12.4. The number of likely N-dealkylation sites (tertiary alicyclic amines) is 1. The average molecular weight is 294 g/mol. The summed E-state index contributed by atoms with van der Waals surface area (Å²) in [6, 6.07) is 0.296. The molecule has 0 radical (unpaired) electrons. The Labute approximate surface area is 126 Å². The van der Waals surface area contributed by atoms with Gasteiger partial charge in [-0.25, -0.2) is 0 Å². The Morgan fingerprint density at radius 3 is 2.81 bits per heavy atom. The molecule has 3 fully saturated rings. The Hall–Kier alpha value is -1.10. The van der Waals surface area contributed by atoms with E-state index < -0.39 is 5.91 Å². The molecular formula is C16H26N2O3. The molecule has 0 bridgehead atoms. The summed E-state index contributed by atoms with van der Waals surface area (Å²) in [6.07, 6.45) is 4.16. The molecule has 2 aliphatic heterocycles. The number of carbonyl (C=O) groups is 2. The van der Waals surface area contributed by atoms with Crippen LogP contribution in [0.3, 0.4) is 0 Å². The molecule has 21 heavy (non-hydrogen) atoms. The summed E-state index contributed by atoms with van der Waals surface area (Å²) in [5.74, 6) is -0.409. The molecule has 2 saturated heterocycles. The lowest BCUT2D eigenvalue weighted by atomic mass is 9.57. The van der Waals surface area contributed by atoms with Gasteiger partial charge in [-0.15, -0.1) is 0 Å². The van der Waals surface area contributed by atoms with Crippen molar-refractivity contribution in [2.24, 2.45) is 11.3 Å². The van der Waals surface area contributed by atoms with E-state index in [1.807, 2.05) is 0 Å². The molecule has 5 heteroatoms. The quantitative estimate of drug-likeness (QED) is 0.781. The van der Waals surface area contributed by atoms with Crippen LogP contribution in [0.2, 0.25) is 0 Å². The first-order valence-electron chi connectivity index (χ1n) is 8.20. The third-order valence-electron chi connectivity index (χ3n) is 5.69. The second-order valence-electron chi connectivity index (χ2n) is 7.22. The van der Waals surface area contributed by atoms with Crippen LogP contribution >= 0.6 is 0 Å². The molecule has 118 valence electrons. The lowest BCUT2D eigenvalue weighted by Crippen LogP contribution is -2.68. The molecule has 0 aromatic rings. The minimum absolute atomic E-state index is 0.0594. The van der Waals surface area contributed by atoms with E-state index >= 15 is 0 Å². The van der Waals surface area contributed by atoms with E-state index in [0.29, 0.717) is 12.5 Å². The molecule has 0 aromatic heterocycles. The highest BCUT2D eigenvalue weighted by Crippen LogP contribution is 2.52. The standard InChI is InChI=1S/C16H26N2O3/c1-4-10-6-5-8-18(10)15(20)14(19)17-12-11-7-9-21-13(11)16(12,2)3/h10-13H,4-9H2,1-3H3,(H,17,19). The first kappa shape index (κ1) is 14.8. The van der Waals surface area contributed by atoms with Crippen LogP contribution in [0, 0.1) is 11.3 Å². The largest absolute Gasteiger partial charge is 0.377 e. The van der Waals surface area contributed by atoms with Crippen LogP contribution < -0.4 is 5.32 Å². The summed E-state index contributed by atoms with van der Waals surface area (Å²) >= 11 is 0. The van der Waals surface area contributed by atoms with Crippen molar-refractivity contribution in [2.75, 3.05) is 13.2 Å². The third-order valence-corrected chi connectivity index (χ3v) is 5.69. The van der Waals surface area contributed by atoms with Crippen LogP contribution in [0.25, 0.3) is 0 Å². The van der Waals surface area contributed by atoms with Gasteiger partial charge < -0.3 is 15.0 Å². The minimum atomic E-state index is -0.432. The molecule has 1 saturated carbocycles. The van der Waals surface area contributed by atoms with Gasteiger partial charge in [0, 0.05) is 36.6 Å². The van der Waals surface area contributed by atoms with E-state index in [1.165, 1.54) is 0 Å². The van der Waals surface area contributed by atoms with Crippen LogP contribution in [0.4, 0.5) is 0 Å². The van der Waals surface area contributed by atoms with E-state index in [9.17, 15) is 9.59 Å². The molecule has 5 nitrogen and oxygen atoms in total. The Balaban J connectivity index is 1.62. The summed E-state index contributed by atoms with van der Waals surface area (Å²) in [5.41, 5.74) is -0.0771. The van der Waals surface area contributed by atoms with Crippen LogP contribution in [0.5, 0.6) is 0 Å². The third kappa shape index (κ3) is 2.26. The second-order valence-corrected chi connectivity index (χ2v) is 7.22. The van der Waals surface area contributed by atoms with Gasteiger partial charge in [0.1, 0.15) is 0 Å². The van der Waals surface area contributed by atoms with Gasteiger partial charge in [0.25, 0.3) is 0 Å². The van der Waals surface area contributed by atoms with Gasteiger partial charge in [0.15, 0.2) is 0 Å². The molecule has 0 spiro atoms. The molecule has 4 unspecified atom stereocenters. The second kappa shape index (κ2) is 5.27. The van der Waals surface area contributed by atoms with Crippen molar-refractivity contribution < 1.29 is 14.3 Å². The fourth-order valence-electron chi connectivity index (χ4n) is 4.48. The van der Waals surface area contributed by atoms with Gasteiger partial charge in [0.05, 0.1) is 6.10 Å². The highest BCUT2D eigenvalue weighted by Gasteiger charge is 2.60. The SMILES string of the molecule is CCC1CCCN1C(=O)C(=O)NC1C2CCOC2C1(C)C. The maximum Gasteiger partial charge on any atom is 0.312 e. The van der Waals surface area contributed by atoms with Crippen molar-refractivity contribution in [3.63, 3.8) is 0 Å². The molecule has 3 rings (SSSR count).